The summed E-state index contributed by atoms with van der Waals surface area (Å²) in [5, 5.41) is 7.15. The highest BCUT2D eigenvalue weighted by Crippen LogP contribution is 2.35. The molecule has 7 nitrogen and oxygen atoms in total. The molecule has 1 fully saturated rings. The van der Waals surface area contributed by atoms with E-state index in [1.54, 1.807) is 47.4 Å². The second-order valence-corrected chi connectivity index (χ2v) is 7.21. The Morgan fingerprint density at radius 2 is 2.03 bits per heavy atom. The molecule has 4 heterocycles. The predicted molar refractivity (Wildman–Crippen MR) is 111 cm³/mol. The molecule has 1 atom stereocenters. The molecule has 0 aliphatic carbocycles. The third-order valence-electron chi connectivity index (χ3n) is 5.33. The third kappa shape index (κ3) is 3.36. The molecule has 0 bridgehead atoms. The predicted octanol–water partition coefficient (Wildman–Crippen LogP) is 3.86. The molecule has 1 N–H and O–H groups in total. The molecule has 30 heavy (non-hydrogen) atoms. The molecule has 0 saturated carbocycles. The van der Waals surface area contributed by atoms with Crippen LogP contribution < -0.4 is 10.2 Å². The Labute approximate surface area is 172 Å². The van der Waals surface area contributed by atoms with Crippen molar-refractivity contribution in [3.05, 3.63) is 84.2 Å². The van der Waals surface area contributed by atoms with E-state index >= 15 is 0 Å². The maximum atomic E-state index is 13.7. The number of carbonyl (C=O) groups is 1. The number of hydrogen-bond donors (Lipinski definition) is 1. The van der Waals surface area contributed by atoms with Crippen LogP contribution in [0.25, 0.3) is 5.65 Å². The van der Waals surface area contributed by atoms with Crippen LogP contribution in [0.3, 0.4) is 0 Å². The van der Waals surface area contributed by atoms with Gasteiger partial charge >= 0.3 is 0 Å². The minimum atomic E-state index is -0.252. The van der Waals surface area contributed by atoms with Gasteiger partial charge < -0.3 is 10.2 Å². The van der Waals surface area contributed by atoms with Crippen LogP contribution in [-0.2, 0) is 0 Å². The average molecular weight is 402 g/mol. The largest absolute Gasteiger partial charge is 0.349 e. The van der Waals surface area contributed by atoms with Crippen molar-refractivity contribution in [3.63, 3.8) is 0 Å². The zero-order valence-electron chi connectivity index (χ0n) is 16.1. The number of carbonyl (C=O) groups excluding carboxylic acids is 1. The maximum absolute atomic E-state index is 13.7. The molecular weight excluding hydrogens is 383 g/mol. The van der Waals surface area contributed by atoms with Crippen LogP contribution in [0.2, 0.25) is 0 Å². The molecule has 1 aliphatic rings. The first kappa shape index (κ1) is 18.2. The van der Waals surface area contributed by atoms with Crippen LogP contribution in [0.4, 0.5) is 15.9 Å². The number of amides is 1. The highest BCUT2D eigenvalue weighted by atomic mass is 19.1. The summed E-state index contributed by atoms with van der Waals surface area (Å²) < 4.78 is 15.4. The Hall–Kier alpha value is -3.81. The van der Waals surface area contributed by atoms with E-state index in [2.05, 4.69) is 20.3 Å². The quantitative estimate of drug-likeness (QED) is 0.561. The summed E-state index contributed by atoms with van der Waals surface area (Å²) >= 11 is 0. The van der Waals surface area contributed by atoms with Gasteiger partial charge in [-0.05, 0) is 48.7 Å². The molecule has 0 spiro atoms. The Balaban J connectivity index is 1.46. The van der Waals surface area contributed by atoms with Gasteiger partial charge in [-0.3, -0.25) is 9.78 Å². The number of hydrogen-bond acceptors (Lipinski definition) is 5. The normalized spacial score (nSPS) is 16.2. The number of anilines is 2. The SMILES string of the molecule is O=C(Nc1cnn2ccc(N3CCCC3c3cccc(F)c3)nc12)c1ccncc1. The third-order valence-corrected chi connectivity index (χ3v) is 5.33. The van der Waals surface area contributed by atoms with Crippen LogP contribution in [0, 0.1) is 5.82 Å². The van der Waals surface area contributed by atoms with Crippen molar-refractivity contribution in [2.75, 3.05) is 16.8 Å². The van der Waals surface area contributed by atoms with Crippen molar-refractivity contribution in [1.29, 1.82) is 0 Å². The molecule has 4 aromatic rings. The molecule has 8 heteroatoms. The van der Waals surface area contributed by atoms with E-state index in [-0.39, 0.29) is 17.8 Å². The lowest BCUT2D eigenvalue weighted by Gasteiger charge is -2.26. The molecule has 0 radical (unpaired) electrons. The molecule has 1 saturated heterocycles. The maximum Gasteiger partial charge on any atom is 0.255 e. The fourth-order valence-corrected chi connectivity index (χ4v) is 3.91. The van der Waals surface area contributed by atoms with E-state index in [1.807, 2.05) is 18.3 Å². The lowest BCUT2D eigenvalue weighted by molar-refractivity contribution is 0.102. The second-order valence-electron chi connectivity index (χ2n) is 7.21. The monoisotopic (exact) mass is 402 g/mol. The van der Waals surface area contributed by atoms with Crippen molar-refractivity contribution in [2.24, 2.45) is 0 Å². The van der Waals surface area contributed by atoms with Crippen molar-refractivity contribution in [3.8, 4) is 0 Å². The summed E-state index contributed by atoms with van der Waals surface area (Å²) in [6.07, 6.45) is 8.47. The van der Waals surface area contributed by atoms with Gasteiger partial charge in [0.05, 0.1) is 12.2 Å². The van der Waals surface area contributed by atoms with Crippen molar-refractivity contribution < 1.29 is 9.18 Å². The van der Waals surface area contributed by atoms with Crippen molar-refractivity contribution in [1.82, 2.24) is 19.6 Å². The lowest BCUT2D eigenvalue weighted by Crippen LogP contribution is -2.24. The Kier molecular flexibility index (Phi) is 4.59. The van der Waals surface area contributed by atoms with Crippen molar-refractivity contribution in [2.45, 2.75) is 18.9 Å². The summed E-state index contributed by atoms with van der Waals surface area (Å²) in [5.74, 6) is 0.284. The van der Waals surface area contributed by atoms with Crippen LogP contribution in [0.1, 0.15) is 34.8 Å². The molecule has 5 rings (SSSR count). The lowest BCUT2D eigenvalue weighted by atomic mass is 10.0. The number of halogens is 1. The first-order valence-electron chi connectivity index (χ1n) is 9.77. The van der Waals surface area contributed by atoms with Crippen LogP contribution in [0.15, 0.2) is 67.3 Å². The van der Waals surface area contributed by atoms with Gasteiger partial charge in [0.25, 0.3) is 5.91 Å². The van der Waals surface area contributed by atoms with Gasteiger partial charge in [-0.25, -0.2) is 13.9 Å². The summed E-state index contributed by atoms with van der Waals surface area (Å²) in [6, 6.07) is 12.0. The topological polar surface area (TPSA) is 75.4 Å². The minimum Gasteiger partial charge on any atom is -0.349 e. The first-order valence-corrected chi connectivity index (χ1v) is 9.77. The minimum absolute atomic E-state index is 0.0634. The zero-order valence-corrected chi connectivity index (χ0v) is 16.1. The first-order chi connectivity index (χ1) is 14.7. The summed E-state index contributed by atoms with van der Waals surface area (Å²) in [5.41, 5.74) is 2.53. The molecule has 150 valence electrons. The smallest absolute Gasteiger partial charge is 0.255 e. The highest BCUT2D eigenvalue weighted by molar-refractivity contribution is 6.05. The number of pyridine rings is 1. The van der Waals surface area contributed by atoms with E-state index in [1.165, 1.54) is 6.07 Å². The van der Waals surface area contributed by atoms with E-state index in [0.29, 0.717) is 16.9 Å². The number of rotatable bonds is 4. The van der Waals surface area contributed by atoms with Gasteiger partial charge in [0.15, 0.2) is 5.65 Å². The Morgan fingerprint density at radius 1 is 1.17 bits per heavy atom. The molecule has 1 amide bonds. The fraction of sp³-hybridized carbons (Fsp3) is 0.182. The van der Waals surface area contributed by atoms with E-state index in [0.717, 1.165) is 30.8 Å². The van der Waals surface area contributed by atoms with Crippen molar-refractivity contribution >= 4 is 23.1 Å². The highest BCUT2D eigenvalue weighted by Gasteiger charge is 2.28. The number of nitrogens with zero attached hydrogens (tertiary/aromatic N) is 5. The molecule has 1 aliphatic heterocycles. The van der Waals surface area contributed by atoms with E-state index in [4.69, 9.17) is 4.98 Å². The number of aromatic nitrogens is 4. The van der Waals surface area contributed by atoms with Gasteiger partial charge in [0.2, 0.25) is 0 Å². The van der Waals surface area contributed by atoms with Gasteiger partial charge in [-0.2, -0.15) is 5.10 Å². The standard InChI is InChI=1S/C22H19FN6O/c23-17-4-1-3-16(13-17)19-5-2-11-28(19)20-8-12-29-21(27-20)18(14-25-29)26-22(30)15-6-9-24-10-7-15/h1,3-4,6-10,12-14,19H,2,5,11H2,(H,26,30). The summed E-state index contributed by atoms with van der Waals surface area (Å²) in [7, 11) is 0. The average Bonchev–Trinajstić information content (AvgIpc) is 3.41. The summed E-state index contributed by atoms with van der Waals surface area (Å²) in [4.78, 5) is 23.4. The molecule has 3 aromatic heterocycles. The molecule has 1 aromatic carbocycles. The van der Waals surface area contributed by atoms with E-state index < -0.39 is 0 Å². The fourth-order valence-electron chi connectivity index (χ4n) is 3.91. The van der Waals surface area contributed by atoms with E-state index in [9.17, 15) is 9.18 Å². The zero-order chi connectivity index (χ0) is 20.5. The number of nitrogens with one attached hydrogen (secondary N) is 1. The summed E-state index contributed by atoms with van der Waals surface area (Å²) in [6.45, 7) is 0.831. The number of benzene rings is 1. The molecule has 1 unspecified atom stereocenters. The Bertz CT molecular complexity index is 1210. The van der Waals surface area contributed by atoms with Gasteiger partial charge in [-0.15, -0.1) is 0 Å². The van der Waals surface area contributed by atoms with Gasteiger partial charge in [-0.1, -0.05) is 12.1 Å². The Morgan fingerprint density at radius 3 is 2.87 bits per heavy atom. The van der Waals surface area contributed by atoms with Crippen LogP contribution in [0.5, 0.6) is 0 Å². The second kappa shape index (κ2) is 7.55. The van der Waals surface area contributed by atoms with Crippen LogP contribution in [-0.4, -0.2) is 32.0 Å². The number of fused-ring (bicyclic) bond motifs is 1. The van der Waals surface area contributed by atoms with Gasteiger partial charge in [0.1, 0.15) is 17.3 Å². The van der Waals surface area contributed by atoms with Crippen LogP contribution >= 0.6 is 0 Å². The van der Waals surface area contributed by atoms with Gasteiger partial charge in [0, 0.05) is 30.7 Å². The molecular formula is C22H19FN6O.